The Morgan fingerprint density at radius 1 is 1.03 bits per heavy atom. The van der Waals surface area contributed by atoms with Crippen LogP contribution in [0.3, 0.4) is 0 Å². The van der Waals surface area contributed by atoms with Gasteiger partial charge in [0, 0.05) is 16.1 Å². The number of anilines is 3. The van der Waals surface area contributed by atoms with Crippen LogP contribution in [0.2, 0.25) is 0 Å². The maximum absolute atomic E-state index is 12.7. The molecule has 3 rings (SSSR count). The van der Waals surface area contributed by atoms with Crippen LogP contribution in [0, 0.1) is 5.92 Å². The monoisotopic (exact) mass is 553 g/mol. The topological polar surface area (TPSA) is 123 Å². The number of ether oxygens (including phenoxy) is 2. The molecule has 188 valence electrons. The van der Waals surface area contributed by atoms with E-state index < -0.39 is 12.2 Å². The Labute approximate surface area is 218 Å². The lowest BCUT2D eigenvalue weighted by molar-refractivity contribution is -0.111. The van der Waals surface area contributed by atoms with Crippen molar-refractivity contribution in [2.24, 2.45) is 5.92 Å². The molecule has 9 heteroatoms. The molecule has 0 radical (unpaired) electrons. The molecule has 0 aliphatic carbocycles. The molecule has 0 heterocycles. The smallest absolute Gasteiger partial charge is 0.412 e. The van der Waals surface area contributed by atoms with Gasteiger partial charge in [0.05, 0.1) is 18.0 Å². The summed E-state index contributed by atoms with van der Waals surface area (Å²) in [6.07, 6.45) is 1.73. The first-order chi connectivity index (χ1) is 17.4. The molecular formula is C27H28BrN3O5. The summed E-state index contributed by atoms with van der Waals surface area (Å²) in [5.41, 5.74) is 8.15. The van der Waals surface area contributed by atoms with Crippen LogP contribution in [0.4, 0.5) is 21.9 Å². The molecule has 36 heavy (non-hydrogen) atoms. The Morgan fingerprint density at radius 2 is 1.72 bits per heavy atom. The molecule has 2 amide bonds. The third-order valence-electron chi connectivity index (χ3n) is 5.14. The Morgan fingerprint density at radius 3 is 2.39 bits per heavy atom. The van der Waals surface area contributed by atoms with Crippen molar-refractivity contribution in [3.05, 3.63) is 95.0 Å². The van der Waals surface area contributed by atoms with Crippen LogP contribution in [0.5, 0.6) is 5.75 Å². The van der Waals surface area contributed by atoms with E-state index in [0.29, 0.717) is 28.4 Å². The number of rotatable bonds is 10. The van der Waals surface area contributed by atoms with Gasteiger partial charge in [-0.2, -0.15) is 0 Å². The number of aliphatic hydroxyl groups excluding tert-OH is 1. The molecule has 5 N–H and O–H groups in total. The normalized spacial score (nSPS) is 12.5. The van der Waals surface area contributed by atoms with Crippen LogP contribution >= 0.6 is 15.9 Å². The molecule has 0 unspecified atom stereocenters. The number of hydrogen-bond donors (Lipinski definition) is 4. The van der Waals surface area contributed by atoms with Crippen LogP contribution in [-0.4, -0.2) is 30.3 Å². The first-order valence-corrected chi connectivity index (χ1v) is 12.1. The number of aliphatic hydroxyl groups is 1. The predicted molar refractivity (Wildman–Crippen MR) is 144 cm³/mol. The number of amides is 2. The average Bonchev–Trinajstić information content (AvgIpc) is 2.88. The van der Waals surface area contributed by atoms with Gasteiger partial charge in [-0.25, -0.2) is 4.79 Å². The molecular weight excluding hydrogens is 526 g/mol. The Kier molecular flexibility index (Phi) is 9.91. The molecule has 0 bridgehead atoms. The van der Waals surface area contributed by atoms with Gasteiger partial charge in [0.2, 0.25) is 5.91 Å². The van der Waals surface area contributed by atoms with E-state index in [2.05, 4.69) is 26.6 Å². The lowest BCUT2D eigenvalue weighted by Gasteiger charge is -2.23. The second-order valence-corrected chi connectivity index (χ2v) is 8.81. The highest BCUT2D eigenvalue weighted by molar-refractivity contribution is 9.10. The van der Waals surface area contributed by atoms with Gasteiger partial charge in [0.1, 0.15) is 18.5 Å². The fraction of sp³-hybridized carbons (Fsp3) is 0.185. The van der Waals surface area contributed by atoms with Gasteiger partial charge in [-0.15, -0.1) is 0 Å². The zero-order valence-electron chi connectivity index (χ0n) is 19.7. The van der Waals surface area contributed by atoms with Gasteiger partial charge in [0.25, 0.3) is 0 Å². The minimum absolute atomic E-state index is 0.0950. The zero-order chi connectivity index (χ0) is 25.9. The fourth-order valence-corrected chi connectivity index (χ4v) is 3.58. The molecule has 0 aromatic heterocycles. The van der Waals surface area contributed by atoms with Crippen molar-refractivity contribution in [3.63, 3.8) is 0 Å². The number of nitrogens with one attached hydrogen (secondary N) is 2. The molecule has 3 aromatic carbocycles. The average molecular weight is 554 g/mol. The lowest BCUT2D eigenvalue weighted by atomic mass is 9.96. The van der Waals surface area contributed by atoms with Gasteiger partial charge >= 0.3 is 6.09 Å². The maximum atomic E-state index is 12.7. The summed E-state index contributed by atoms with van der Waals surface area (Å²) in [5.74, 6) is -0.136. The second-order valence-electron chi connectivity index (χ2n) is 7.89. The fourth-order valence-electron chi connectivity index (χ4n) is 3.32. The summed E-state index contributed by atoms with van der Waals surface area (Å²) in [6.45, 7) is 1.92. The number of para-hydroxylation sites is 2. The van der Waals surface area contributed by atoms with Crippen LogP contribution < -0.4 is 21.1 Å². The highest BCUT2D eigenvalue weighted by Crippen LogP contribution is 2.29. The van der Waals surface area contributed by atoms with Gasteiger partial charge in [0.15, 0.2) is 0 Å². The zero-order valence-corrected chi connectivity index (χ0v) is 21.3. The van der Waals surface area contributed by atoms with Crippen LogP contribution in [0.15, 0.2) is 89.4 Å². The first-order valence-electron chi connectivity index (χ1n) is 11.3. The SMILES string of the molecule is C[C@@H](/C=C/C(=O)Nc1ccccc1N)[C@@H](OC(=O)Nc1ccc(Br)cc1)c1ccc(OCCO)cc1. The Hall–Kier alpha value is -3.82. The van der Waals surface area contributed by atoms with Crippen molar-refractivity contribution in [1.29, 1.82) is 0 Å². The molecule has 0 saturated carbocycles. The van der Waals surface area contributed by atoms with E-state index in [4.69, 9.17) is 20.3 Å². The van der Waals surface area contributed by atoms with E-state index in [-0.39, 0.29) is 25.0 Å². The summed E-state index contributed by atoms with van der Waals surface area (Å²) in [7, 11) is 0. The van der Waals surface area contributed by atoms with Crippen molar-refractivity contribution in [2.45, 2.75) is 13.0 Å². The highest BCUT2D eigenvalue weighted by Gasteiger charge is 2.23. The summed E-state index contributed by atoms with van der Waals surface area (Å²) in [5, 5.41) is 14.4. The largest absolute Gasteiger partial charge is 0.491 e. The van der Waals surface area contributed by atoms with Crippen molar-refractivity contribution in [2.75, 3.05) is 29.6 Å². The van der Waals surface area contributed by atoms with Gasteiger partial charge in [-0.3, -0.25) is 10.1 Å². The Balaban J connectivity index is 1.74. The van der Waals surface area contributed by atoms with Crippen molar-refractivity contribution in [3.8, 4) is 5.75 Å². The standard InChI is InChI=1S/C27H28BrN3O5/c1-18(6-15-25(33)31-24-5-3-2-4-23(24)29)26(19-7-13-22(14-8-19)35-17-16-32)36-27(34)30-21-11-9-20(28)10-12-21/h2-15,18,26,32H,16-17,29H2,1H3,(H,30,34)(H,31,33)/b15-6+/t18-,26+/m0/s1. The molecule has 0 aliphatic rings. The number of halogens is 1. The van der Waals surface area contributed by atoms with E-state index in [1.807, 2.05) is 19.1 Å². The van der Waals surface area contributed by atoms with E-state index in [1.54, 1.807) is 66.7 Å². The Bertz CT molecular complexity index is 1180. The van der Waals surface area contributed by atoms with Gasteiger partial charge in [-0.05, 0) is 60.2 Å². The first kappa shape index (κ1) is 26.8. The maximum Gasteiger partial charge on any atom is 0.412 e. The van der Waals surface area contributed by atoms with E-state index in [0.717, 1.165) is 4.47 Å². The molecule has 0 spiro atoms. The number of carbonyl (C=O) groups is 2. The molecule has 0 aliphatic heterocycles. The third-order valence-corrected chi connectivity index (χ3v) is 5.67. The lowest BCUT2D eigenvalue weighted by Crippen LogP contribution is -2.21. The van der Waals surface area contributed by atoms with Crippen LogP contribution in [-0.2, 0) is 9.53 Å². The molecule has 0 saturated heterocycles. The number of benzene rings is 3. The number of hydrogen-bond acceptors (Lipinski definition) is 6. The molecule has 8 nitrogen and oxygen atoms in total. The van der Waals surface area contributed by atoms with E-state index >= 15 is 0 Å². The minimum Gasteiger partial charge on any atom is -0.491 e. The molecule has 3 aromatic rings. The van der Waals surface area contributed by atoms with Crippen molar-refractivity contribution in [1.82, 2.24) is 0 Å². The summed E-state index contributed by atoms with van der Waals surface area (Å²) in [6, 6.07) is 21.1. The van der Waals surface area contributed by atoms with Crippen LogP contribution in [0.1, 0.15) is 18.6 Å². The highest BCUT2D eigenvalue weighted by atomic mass is 79.9. The van der Waals surface area contributed by atoms with Crippen molar-refractivity contribution >= 4 is 45.0 Å². The summed E-state index contributed by atoms with van der Waals surface area (Å²) in [4.78, 5) is 25.1. The van der Waals surface area contributed by atoms with E-state index in [9.17, 15) is 9.59 Å². The van der Waals surface area contributed by atoms with E-state index in [1.165, 1.54) is 6.08 Å². The third kappa shape index (κ3) is 8.14. The number of nitrogen functional groups attached to an aromatic ring is 1. The summed E-state index contributed by atoms with van der Waals surface area (Å²) >= 11 is 3.36. The number of carbonyl (C=O) groups excluding carboxylic acids is 2. The molecule has 0 fully saturated rings. The van der Waals surface area contributed by atoms with Gasteiger partial charge in [-0.1, -0.05) is 53.2 Å². The van der Waals surface area contributed by atoms with Crippen LogP contribution in [0.25, 0.3) is 0 Å². The minimum atomic E-state index is -0.696. The van der Waals surface area contributed by atoms with Gasteiger partial charge < -0.3 is 25.6 Å². The predicted octanol–water partition coefficient (Wildman–Crippen LogP) is 5.52. The molecule has 2 atom stereocenters. The number of nitrogens with two attached hydrogens (primary N) is 1. The quantitative estimate of drug-likeness (QED) is 0.193. The second kappa shape index (κ2) is 13.3. The summed E-state index contributed by atoms with van der Waals surface area (Å²) < 4.78 is 12.1. The van der Waals surface area contributed by atoms with Crippen molar-refractivity contribution < 1.29 is 24.2 Å².